The van der Waals surface area contributed by atoms with Crippen LogP contribution >= 0.6 is 0 Å². The summed E-state index contributed by atoms with van der Waals surface area (Å²) in [7, 11) is 0. The molecule has 0 saturated heterocycles. The molecule has 1 aliphatic heterocycles. The number of esters is 1. The van der Waals surface area contributed by atoms with Crippen LogP contribution in [0, 0.1) is 5.41 Å². The van der Waals surface area contributed by atoms with E-state index in [-0.39, 0.29) is 11.4 Å². The maximum absolute atomic E-state index is 11.9. The first-order valence-corrected chi connectivity index (χ1v) is 7.40. The predicted octanol–water partition coefficient (Wildman–Crippen LogP) is 4.80. The number of allylic oxidation sites excluding steroid dienone is 2. The van der Waals surface area contributed by atoms with Crippen molar-refractivity contribution < 1.29 is 9.53 Å². The van der Waals surface area contributed by atoms with Gasteiger partial charge in [-0.1, -0.05) is 52.7 Å². The lowest BCUT2D eigenvalue weighted by atomic mass is 9.77. The number of cyclic esters (lactones) is 1. The summed E-state index contributed by atoms with van der Waals surface area (Å²) in [5, 5.41) is 0. The van der Waals surface area contributed by atoms with Gasteiger partial charge in [0, 0.05) is 11.0 Å². The van der Waals surface area contributed by atoms with Gasteiger partial charge in [0.05, 0.1) is 0 Å². The molecular formula is C17H28O2. The van der Waals surface area contributed by atoms with Gasteiger partial charge in [-0.3, -0.25) is 0 Å². The number of ether oxygens (including phenoxy) is 1. The molecule has 0 amide bonds. The van der Waals surface area contributed by atoms with E-state index in [2.05, 4.69) is 39.8 Å². The molecule has 0 radical (unpaired) electrons. The highest BCUT2D eigenvalue weighted by molar-refractivity contribution is 5.91. The maximum atomic E-state index is 11.9. The third-order valence-electron chi connectivity index (χ3n) is 3.98. The van der Waals surface area contributed by atoms with E-state index in [1.54, 1.807) is 0 Å². The van der Waals surface area contributed by atoms with Crippen LogP contribution in [-0.4, -0.2) is 11.6 Å². The number of carbonyl (C=O) groups is 1. The molecule has 1 atom stereocenters. The second kappa shape index (κ2) is 6.40. The molecular weight excluding hydrogens is 236 g/mol. The Kier molecular flexibility index (Phi) is 5.39. The Bertz CT molecular complexity index is 371. The van der Waals surface area contributed by atoms with Crippen molar-refractivity contribution in [1.82, 2.24) is 0 Å². The summed E-state index contributed by atoms with van der Waals surface area (Å²) in [6.07, 6.45) is 11.8. The van der Waals surface area contributed by atoms with Crippen molar-refractivity contribution in [3.63, 3.8) is 0 Å². The standard InChI is InChI=1S/C17H28O2/c1-6-7-8-9-10-11-12-14-13-17(5,16(2,3)4)19-15(14)18/h10-11,13H,6-9,12H2,1-5H3/b11-10+. The third-order valence-corrected chi connectivity index (χ3v) is 3.98. The Labute approximate surface area is 117 Å². The number of hydrogen-bond acceptors (Lipinski definition) is 2. The van der Waals surface area contributed by atoms with Crippen LogP contribution in [0.4, 0.5) is 0 Å². The van der Waals surface area contributed by atoms with E-state index in [9.17, 15) is 4.79 Å². The number of hydrogen-bond donors (Lipinski definition) is 0. The Morgan fingerprint density at radius 1 is 1.26 bits per heavy atom. The van der Waals surface area contributed by atoms with Crippen molar-refractivity contribution in [3.8, 4) is 0 Å². The van der Waals surface area contributed by atoms with Gasteiger partial charge in [0.1, 0.15) is 5.60 Å². The molecule has 1 unspecified atom stereocenters. The van der Waals surface area contributed by atoms with Crippen LogP contribution in [0.2, 0.25) is 0 Å². The van der Waals surface area contributed by atoms with E-state index in [4.69, 9.17) is 4.74 Å². The van der Waals surface area contributed by atoms with Crippen molar-refractivity contribution in [2.24, 2.45) is 5.41 Å². The van der Waals surface area contributed by atoms with Crippen LogP contribution < -0.4 is 0 Å². The fraction of sp³-hybridized carbons (Fsp3) is 0.706. The van der Waals surface area contributed by atoms with Gasteiger partial charge in [0.2, 0.25) is 0 Å². The first-order valence-electron chi connectivity index (χ1n) is 7.40. The minimum Gasteiger partial charge on any atom is -0.451 e. The fourth-order valence-corrected chi connectivity index (χ4v) is 2.03. The van der Waals surface area contributed by atoms with Crippen molar-refractivity contribution in [2.75, 3.05) is 0 Å². The van der Waals surface area contributed by atoms with Crippen LogP contribution in [0.1, 0.15) is 66.7 Å². The highest BCUT2D eigenvalue weighted by atomic mass is 16.6. The molecule has 0 aromatic carbocycles. The minimum atomic E-state index is -0.477. The Morgan fingerprint density at radius 2 is 1.95 bits per heavy atom. The lowest BCUT2D eigenvalue weighted by molar-refractivity contribution is -0.152. The van der Waals surface area contributed by atoms with Crippen molar-refractivity contribution in [3.05, 3.63) is 23.8 Å². The van der Waals surface area contributed by atoms with E-state index in [0.29, 0.717) is 6.42 Å². The summed E-state index contributed by atoms with van der Waals surface area (Å²) in [5.41, 5.74) is 0.245. The topological polar surface area (TPSA) is 26.3 Å². The molecule has 1 aliphatic rings. The normalized spacial score (nSPS) is 23.8. The van der Waals surface area contributed by atoms with Crippen molar-refractivity contribution in [1.29, 1.82) is 0 Å². The summed E-state index contributed by atoms with van der Waals surface area (Å²) in [4.78, 5) is 11.9. The average Bonchev–Trinajstić information content (AvgIpc) is 2.59. The molecule has 108 valence electrons. The molecule has 2 heteroatoms. The molecule has 0 spiro atoms. The Hall–Kier alpha value is -1.05. The van der Waals surface area contributed by atoms with Crippen LogP contribution in [0.25, 0.3) is 0 Å². The maximum Gasteiger partial charge on any atom is 0.335 e. The van der Waals surface area contributed by atoms with Gasteiger partial charge in [-0.25, -0.2) is 4.79 Å². The molecule has 0 fully saturated rings. The van der Waals surface area contributed by atoms with E-state index in [1.807, 2.05) is 13.0 Å². The summed E-state index contributed by atoms with van der Waals surface area (Å²) in [6.45, 7) is 10.5. The number of rotatable bonds is 6. The second-order valence-electron chi connectivity index (χ2n) is 6.59. The number of carbonyl (C=O) groups excluding carboxylic acids is 1. The van der Waals surface area contributed by atoms with Crippen molar-refractivity contribution in [2.45, 2.75) is 72.3 Å². The smallest absolute Gasteiger partial charge is 0.335 e. The predicted molar refractivity (Wildman–Crippen MR) is 79.9 cm³/mol. The van der Waals surface area contributed by atoms with Gasteiger partial charge in [0.15, 0.2) is 0 Å². The summed E-state index contributed by atoms with van der Waals surface area (Å²) in [5.74, 6) is -0.157. The van der Waals surface area contributed by atoms with Gasteiger partial charge < -0.3 is 4.74 Å². The molecule has 1 rings (SSSR count). The number of unbranched alkanes of at least 4 members (excludes halogenated alkanes) is 3. The zero-order valence-corrected chi connectivity index (χ0v) is 13.1. The second-order valence-corrected chi connectivity index (χ2v) is 6.59. The summed E-state index contributed by atoms with van der Waals surface area (Å²) >= 11 is 0. The fourth-order valence-electron chi connectivity index (χ4n) is 2.03. The zero-order valence-electron chi connectivity index (χ0n) is 13.1. The first-order chi connectivity index (χ1) is 8.80. The van der Waals surface area contributed by atoms with Crippen LogP contribution in [-0.2, 0) is 9.53 Å². The third kappa shape index (κ3) is 4.22. The average molecular weight is 264 g/mol. The highest BCUT2D eigenvalue weighted by Crippen LogP contribution is 2.40. The quantitative estimate of drug-likeness (QED) is 0.391. The molecule has 0 aromatic rings. The van der Waals surface area contributed by atoms with Crippen molar-refractivity contribution >= 4 is 5.97 Å². The summed E-state index contributed by atoms with van der Waals surface area (Å²) < 4.78 is 5.56. The molecule has 0 saturated carbocycles. The van der Waals surface area contributed by atoms with Gasteiger partial charge in [-0.05, 0) is 32.3 Å². The Morgan fingerprint density at radius 3 is 2.47 bits per heavy atom. The molecule has 0 N–H and O–H groups in total. The van der Waals surface area contributed by atoms with Crippen LogP contribution in [0.3, 0.4) is 0 Å². The molecule has 19 heavy (non-hydrogen) atoms. The lowest BCUT2D eigenvalue weighted by Crippen LogP contribution is -2.39. The van der Waals surface area contributed by atoms with Crippen LogP contribution in [0.15, 0.2) is 23.8 Å². The first kappa shape index (κ1) is 16.0. The van der Waals surface area contributed by atoms with Gasteiger partial charge >= 0.3 is 5.97 Å². The molecule has 2 nitrogen and oxygen atoms in total. The summed E-state index contributed by atoms with van der Waals surface area (Å²) in [6, 6.07) is 0. The lowest BCUT2D eigenvalue weighted by Gasteiger charge is -2.35. The zero-order chi connectivity index (χ0) is 14.5. The van der Waals surface area contributed by atoms with Gasteiger partial charge in [-0.15, -0.1) is 0 Å². The molecule has 0 aliphatic carbocycles. The van der Waals surface area contributed by atoms with E-state index in [0.717, 1.165) is 12.0 Å². The minimum absolute atomic E-state index is 0.0742. The molecule has 1 heterocycles. The largest absolute Gasteiger partial charge is 0.451 e. The molecule has 0 bridgehead atoms. The monoisotopic (exact) mass is 264 g/mol. The Balaban J connectivity index is 2.54. The highest BCUT2D eigenvalue weighted by Gasteiger charge is 2.44. The molecule has 0 aromatic heterocycles. The van der Waals surface area contributed by atoms with Gasteiger partial charge in [-0.2, -0.15) is 0 Å². The van der Waals surface area contributed by atoms with E-state index < -0.39 is 5.60 Å². The van der Waals surface area contributed by atoms with E-state index in [1.165, 1.54) is 19.3 Å². The van der Waals surface area contributed by atoms with Gasteiger partial charge in [0.25, 0.3) is 0 Å². The van der Waals surface area contributed by atoms with E-state index >= 15 is 0 Å². The SMILES string of the molecule is CCCCC/C=C/CC1=CC(C)(C(C)(C)C)OC1=O. The van der Waals surface area contributed by atoms with Crippen LogP contribution in [0.5, 0.6) is 0 Å².